The van der Waals surface area contributed by atoms with E-state index >= 15 is 0 Å². The van der Waals surface area contributed by atoms with Crippen LogP contribution < -0.4 is 5.32 Å². The molecule has 1 aliphatic heterocycles. The quantitative estimate of drug-likeness (QED) is 0.733. The summed E-state index contributed by atoms with van der Waals surface area (Å²) >= 11 is 4.32. The third-order valence-electron chi connectivity index (χ3n) is 3.36. The van der Waals surface area contributed by atoms with Crippen LogP contribution in [0.15, 0.2) is 24.3 Å². The first-order valence-electron chi connectivity index (χ1n) is 6.48. The van der Waals surface area contributed by atoms with Crippen molar-refractivity contribution in [2.45, 2.75) is 24.6 Å². The summed E-state index contributed by atoms with van der Waals surface area (Å²) in [4.78, 5) is 36.2. The van der Waals surface area contributed by atoms with Crippen molar-refractivity contribution < 1.29 is 19.5 Å². The number of likely N-dealkylation sites (tertiary alicyclic amines) is 1. The lowest BCUT2D eigenvalue weighted by molar-refractivity contribution is -0.134. The maximum Gasteiger partial charge on any atom is 0.335 e. The van der Waals surface area contributed by atoms with Crippen LogP contribution in [0.1, 0.15) is 23.7 Å². The molecule has 0 radical (unpaired) electrons. The van der Waals surface area contributed by atoms with Crippen molar-refractivity contribution in [3.8, 4) is 0 Å². The largest absolute Gasteiger partial charge is 0.478 e. The van der Waals surface area contributed by atoms with Crippen LogP contribution >= 0.6 is 12.6 Å². The van der Waals surface area contributed by atoms with Crippen molar-refractivity contribution in [3.05, 3.63) is 29.8 Å². The van der Waals surface area contributed by atoms with E-state index < -0.39 is 12.0 Å². The van der Waals surface area contributed by atoms with E-state index in [4.69, 9.17) is 5.11 Å². The number of carbonyl (C=O) groups is 3. The lowest BCUT2D eigenvalue weighted by atomic mass is 10.1. The maximum atomic E-state index is 12.3. The second-order valence-corrected chi connectivity index (χ2v) is 5.68. The fourth-order valence-electron chi connectivity index (χ4n) is 2.37. The molecule has 0 spiro atoms. The van der Waals surface area contributed by atoms with Gasteiger partial charge in [-0.2, -0.15) is 12.6 Å². The molecule has 1 aromatic rings. The van der Waals surface area contributed by atoms with Gasteiger partial charge in [-0.25, -0.2) is 4.79 Å². The molecule has 0 saturated carbocycles. The highest BCUT2D eigenvalue weighted by molar-refractivity contribution is 7.81. The van der Waals surface area contributed by atoms with Crippen molar-refractivity contribution >= 4 is 36.1 Å². The first-order chi connectivity index (χ1) is 9.88. The highest BCUT2D eigenvalue weighted by atomic mass is 32.1. The number of hydrogen-bond acceptors (Lipinski definition) is 4. The minimum absolute atomic E-state index is 0.0324. The average Bonchev–Trinajstić information content (AvgIpc) is 2.81. The van der Waals surface area contributed by atoms with Gasteiger partial charge in [-0.3, -0.25) is 9.59 Å². The molecule has 2 atom stereocenters. The first kappa shape index (κ1) is 15.4. The maximum absolute atomic E-state index is 12.3. The Hall–Kier alpha value is -2.02. The summed E-state index contributed by atoms with van der Waals surface area (Å²) in [5.74, 6) is -1.57. The molecule has 112 valence electrons. The number of aromatic carboxylic acids is 1. The Morgan fingerprint density at radius 3 is 2.71 bits per heavy atom. The molecule has 1 heterocycles. The Balaban J connectivity index is 2.12. The second kappa shape index (κ2) is 6.17. The van der Waals surface area contributed by atoms with E-state index in [9.17, 15) is 14.4 Å². The number of nitrogens with one attached hydrogen (secondary N) is 1. The van der Waals surface area contributed by atoms with Crippen LogP contribution in [-0.4, -0.2) is 45.6 Å². The van der Waals surface area contributed by atoms with Crippen molar-refractivity contribution in [1.82, 2.24) is 4.90 Å². The zero-order valence-corrected chi connectivity index (χ0v) is 12.3. The van der Waals surface area contributed by atoms with Gasteiger partial charge < -0.3 is 15.3 Å². The number of amides is 2. The number of carboxylic acid groups (broad SMARTS) is 1. The van der Waals surface area contributed by atoms with Gasteiger partial charge in [0, 0.05) is 24.4 Å². The number of carbonyl (C=O) groups excluding carboxylic acids is 2. The standard InChI is InChI=1S/C14H16N2O4S/c1-8(17)16-7-11(21)6-12(16)13(18)15-10-4-2-3-9(5-10)14(19)20/h2-5,11-12,21H,6-7H2,1H3,(H,15,18)(H,19,20). The predicted molar refractivity (Wildman–Crippen MR) is 80.6 cm³/mol. The number of rotatable bonds is 3. The van der Waals surface area contributed by atoms with Gasteiger partial charge in [0.2, 0.25) is 11.8 Å². The van der Waals surface area contributed by atoms with Gasteiger partial charge in [0.05, 0.1) is 5.56 Å². The van der Waals surface area contributed by atoms with Crippen molar-refractivity contribution in [1.29, 1.82) is 0 Å². The Morgan fingerprint density at radius 1 is 1.38 bits per heavy atom. The number of nitrogens with zero attached hydrogens (tertiary/aromatic N) is 1. The molecule has 6 nitrogen and oxygen atoms in total. The van der Waals surface area contributed by atoms with Crippen LogP contribution in [0.2, 0.25) is 0 Å². The molecule has 2 unspecified atom stereocenters. The molecular weight excluding hydrogens is 292 g/mol. The smallest absolute Gasteiger partial charge is 0.335 e. The van der Waals surface area contributed by atoms with E-state index in [1.807, 2.05) is 0 Å². The van der Waals surface area contributed by atoms with E-state index in [-0.39, 0.29) is 22.6 Å². The SMILES string of the molecule is CC(=O)N1CC(S)CC1C(=O)Nc1cccc(C(=O)O)c1. The van der Waals surface area contributed by atoms with Gasteiger partial charge in [0.25, 0.3) is 0 Å². The normalized spacial score (nSPS) is 21.1. The molecule has 2 amide bonds. The van der Waals surface area contributed by atoms with Gasteiger partial charge in [-0.15, -0.1) is 0 Å². The first-order valence-corrected chi connectivity index (χ1v) is 6.99. The Morgan fingerprint density at radius 2 is 2.10 bits per heavy atom. The molecule has 0 bridgehead atoms. The third kappa shape index (κ3) is 3.55. The van der Waals surface area contributed by atoms with Crippen LogP contribution in [-0.2, 0) is 9.59 Å². The van der Waals surface area contributed by atoms with Gasteiger partial charge in [-0.05, 0) is 24.6 Å². The van der Waals surface area contributed by atoms with Crippen molar-refractivity contribution in [2.24, 2.45) is 0 Å². The Labute approximate surface area is 127 Å². The van der Waals surface area contributed by atoms with Gasteiger partial charge in [0.15, 0.2) is 0 Å². The van der Waals surface area contributed by atoms with E-state index in [2.05, 4.69) is 17.9 Å². The monoisotopic (exact) mass is 308 g/mol. The minimum atomic E-state index is -1.06. The van der Waals surface area contributed by atoms with Crippen LogP contribution in [0.3, 0.4) is 0 Å². The molecule has 21 heavy (non-hydrogen) atoms. The molecule has 1 aromatic carbocycles. The second-order valence-electron chi connectivity index (χ2n) is 4.95. The molecule has 0 aliphatic carbocycles. The summed E-state index contributed by atoms with van der Waals surface area (Å²) < 4.78 is 0. The topological polar surface area (TPSA) is 86.7 Å². The van der Waals surface area contributed by atoms with E-state index in [1.165, 1.54) is 24.0 Å². The lowest BCUT2D eigenvalue weighted by Crippen LogP contribution is -2.42. The Bertz CT molecular complexity index is 590. The van der Waals surface area contributed by atoms with E-state index in [0.717, 1.165) is 0 Å². The fourth-order valence-corrected chi connectivity index (χ4v) is 2.74. The third-order valence-corrected chi connectivity index (χ3v) is 3.74. The average molecular weight is 308 g/mol. The number of benzene rings is 1. The molecule has 1 saturated heterocycles. The minimum Gasteiger partial charge on any atom is -0.478 e. The summed E-state index contributed by atoms with van der Waals surface area (Å²) in [5.41, 5.74) is 0.487. The molecule has 7 heteroatoms. The van der Waals surface area contributed by atoms with Gasteiger partial charge in [0.1, 0.15) is 6.04 Å². The van der Waals surface area contributed by atoms with Crippen LogP contribution in [0, 0.1) is 0 Å². The van der Waals surface area contributed by atoms with Gasteiger partial charge >= 0.3 is 5.97 Å². The Kier molecular flexibility index (Phi) is 4.52. The predicted octanol–water partition coefficient (Wildman–Crippen LogP) is 1.24. The summed E-state index contributed by atoms with van der Waals surface area (Å²) in [6.45, 7) is 1.85. The van der Waals surface area contributed by atoms with Crippen molar-refractivity contribution in [3.63, 3.8) is 0 Å². The zero-order chi connectivity index (χ0) is 15.6. The summed E-state index contributed by atoms with van der Waals surface area (Å²) in [7, 11) is 0. The fraction of sp³-hybridized carbons (Fsp3) is 0.357. The number of anilines is 1. The summed E-state index contributed by atoms with van der Waals surface area (Å²) in [6.07, 6.45) is 0.479. The molecule has 1 aliphatic rings. The number of carboxylic acids is 1. The lowest BCUT2D eigenvalue weighted by Gasteiger charge is -2.22. The van der Waals surface area contributed by atoms with Crippen LogP contribution in [0.5, 0.6) is 0 Å². The van der Waals surface area contributed by atoms with E-state index in [1.54, 1.807) is 12.1 Å². The zero-order valence-electron chi connectivity index (χ0n) is 11.4. The number of hydrogen-bond donors (Lipinski definition) is 3. The summed E-state index contributed by atoms with van der Waals surface area (Å²) in [5, 5.41) is 11.6. The van der Waals surface area contributed by atoms with Gasteiger partial charge in [-0.1, -0.05) is 6.07 Å². The van der Waals surface area contributed by atoms with Crippen LogP contribution in [0.4, 0.5) is 5.69 Å². The summed E-state index contributed by atoms with van der Waals surface area (Å²) in [6, 6.07) is 5.41. The van der Waals surface area contributed by atoms with E-state index in [0.29, 0.717) is 18.7 Å². The molecule has 0 aromatic heterocycles. The molecule has 1 fully saturated rings. The highest BCUT2D eigenvalue weighted by Crippen LogP contribution is 2.23. The molecule has 2 N–H and O–H groups in total. The van der Waals surface area contributed by atoms with Crippen LogP contribution in [0.25, 0.3) is 0 Å². The molecule has 2 rings (SSSR count). The van der Waals surface area contributed by atoms with Crippen molar-refractivity contribution in [2.75, 3.05) is 11.9 Å². The number of thiol groups is 1. The highest BCUT2D eigenvalue weighted by Gasteiger charge is 2.36. The molecular formula is C14H16N2O4S.